The maximum Gasteiger partial charge on any atom is 0.317 e. The van der Waals surface area contributed by atoms with Gasteiger partial charge in [0.2, 0.25) is 0 Å². The molecule has 1 aromatic carbocycles. The van der Waals surface area contributed by atoms with Gasteiger partial charge in [0.1, 0.15) is 0 Å². The highest BCUT2D eigenvalue weighted by Gasteiger charge is 2.26. The van der Waals surface area contributed by atoms with Gasteiger partial charge in [0.05, 0.1) is 6.33 Å². The summed E-state index contributed by atoms with van der Waals surface area (Å²) in [5.41, 5.74) is 1.27. The van der Waals surface area contributed by atoms with E-state index in [4.69, 9.17) is 0 Å². The summed E-state index contributed by atoms with van der Waals surface area (Å²) in [6.07, 6.45) is 8.45. The number of hydrogen-bond donors (Lipinski definition) is 1. The summed E-state index contributed by atoms with van der Waals surface area (Å²) in [6, 6.07) is 11.0. The number of carbonyl (C=O) groups is 1. The van der Waals surface area contributed by atoms with Crippen molar-refractivity contribution in [3.8, 4) is 0 Å². The van der Waals surface area contributed by atoms with Crippen LogP contribution in [-0.4, -0.2) is 64.7 Å². The number of aromatic nitrogens is 2. The van der Waals surface area contributed by atoms with Crippen molar-refractivity contribution in [2.75, 3.05) is 33.2 Å². The molecule has 146 valence electrons. The van der Waals surface area contributed by atoms with Gasteiger partial charge < -0.3 is 19.7 Å². The monoisotopic (exact) mass is 369 g/mol. The molecule has 27 heavy (non-hydrogen) atoms. The molecule has 0 unspecified atom stereocenters. The van der Waals surface area contributed by atoms with E-state index in [1.165, 1.54) is 5.56 Å². The Labute approximate surface area is 162 Å². The van der Waals surface area contributed by atoms with Gasteiger partial charge in [-0.3, -0.25) is 0 Å². The number of likely N-dealkylation sites (tertiary alicyclic amines) is 1. The number of urea groups is 1. The Morgan fingerprint density at radius 1 is 1.30 bits per heavy atom. The molecule has 1 fully saturated rings. The van der Waals surface area contributed by atoms with E-state index in [-0.39, 0.29) is 12.1 Å². The predicted octanol–water partition coefficient (Wildman–Crippen LogP) is 2.79. The van der Waals surface area contributed by atoms with Gasteiger partial charge in [-0.2, -0.15) is 0 Å². The van der Waals surface area contributed by atoms with Gasteiger partial charge in [-0.15, -0.1) is 0 Å². The summed E-state index contributed by atoms with van der Waals surface area (Å²) in [7, 11) is 2.15. The molecule has 1 aromatic heterocycles. The van der Waals surface area contributed by atoms with E-state index in [1.807, 2.05) is 16.8 Å². The van der Waals surface area contributed by atoms with E-state index < -0.39 is 0 Å². The number of imidazole rings is 1. The van der Waals surface area contributed by atoms with Crippen LogP contribution in [0.1, 0.15) is 31.4 Å². The molecule has 2 aromatic rings. The molecule has 0 spiro atoms. The molecule has 1 aliphatic heterocycles. The van der Waals surface area contributed by atoms with Gasteiger partial charge in [0.25, 0.3) is 0 Å². The van der Waals surface area contributed by atoms with Gasteiger partial charge >= 0.3 is 6.03 Å². The summed E-state index contributed by atoms with van der Waals surface area (Å²) in [5, 5.41) is 3.14. The van der Waals surface area contributed by atoms with Crippen LogP contribution in [0.5, 0.6) is 0 Å². The third kappa shape index (κ3) is 5.57. The quantitative estimate of drug-likeness (QED) is 0.816. The smallest absolute Gasteiger partial charge is 0.317 e. The lowest BCUT2D eigenvalue weighted by Gasteiger charge is -2.37. The van der Waals surface area contributed by atoms with Crippen LogP contribution in [0.2, 0.25) is 0 Å². The third-order valence-corrected chi connectivity index (χ3v) is 5.46. The number of rotatable bonds is 7. The van der Waals surface area contributed by atoms with Crippen molar-refractivity contribution in [1.29, 1.82) is 0 Å². The molecule has 1 atom stereocenters. The Morgan fingerprint density at radius 3 is 2.70 bits per heavy atom. The first kappa shape index (κ1) is 19.4. The maximum absolute atomic E-state index is 13.0. The van der Waals surface area contributed by atoms with Gasteiger partial charge in [-0.25, -0.2) is 9.78 Å². The molecular formula is C21H31N5O. The highest BCUT2D eigenvalue weighted by Crippen LogP contribution is 2.17. The molecule has 1 saturated heterocycles. The Bertz CT molecular complexity index is 680. The molecule has 1 aliphatic rings. The Hall–Kier alpha value is -2.34. The summed E-state index contributed by atoms with van der Waals surface area (Å²) in [5.74, 6) is 0. The normalized spacial score (nSPS) is 16.8. The molecular weight excluding hydrogens is 338 g/mol. The summed E-state index contributed by atoms with van der Waals surface area (Å²) in [4.78, 5) is 21.5. The standard InChI is InChI=1S/C21H31N5O/c1-18(25-15-11-22-17-25)16-23-21(27)26(20-9-12-24(2)13-10-20)14-8-19-6-4-3-5-7-19/h3-7,11,15,17-18,20H,8-10,12-14,16H2,1-2H3,(H,23,27)/t18-/m1/s1. The molecule has 6 nitrogen and oxygen atoms in total. The van der Waals surface area contributed by atoms with E-state index in [2.05, 4.69) is 58.3 Å². The lowest BCUT2D eigenvalue weighted by atomic mass is 10.0. The fourth-order valence-corrected chi connectivity index (χ4v) is 3.62. The van der Waals surface area contributed by atoms with Crippen LogP contribution in [0.3, 0.4) is 0 Å². The van der Waals surface area contributed by atoms with Crippen molar-refractivity contribution >= 4 is 6.03 Å². The highest BCUT2D eigenvalue weighted by molar-refractivity contribution is 5.74. The fourth-order valence-electron chi connectivity index (χ4n) is 3.62. The van der Waals surface area contributed by atoms with E-state index in [9.17, 15) is 4.79 Å². The zero-order chi connectivity index (χ0) is 19.1. The SMILES string of the molecule is C[C@H](CNC(=O)N(CCc1ccccc1)C1CCN(C)CC1)n1ccnc1. The van der Waals surface area contributed by atoms with E-state index in [1.54, 1.807) is 12.5 Å². The molecule has 2 amide bonds. The number of nitrogens with one attached hydrogen (secondary N) is 1. The number of nitrogens with zero attached hydrogens (tertiary/aromatic N) is 4. The van der Waals surface area contributed by atoms with Crippen molar-refractivity contribution in [2.45, 2.75) is 38.3 Å². The minimum Gasteiger partial charge on any atom is -0.336 e. The van der Waals surface area contributed by atoms with Gasteiger partial charge in [-0.05, 0) is 51.9 Å². The predicted molar refractivity (Wildman–Crippen MR) is 108 cm³/mol. The van der Waals surface area contributed by atoms with E-state index in [0.717, 1.165) is 38.9 Å². The maximum atomic E-state index is 13.0. The molecule has 0 saturated carbocycles. The number of benzene rings is 1. The molecule has 3 rings (SSSR count). The van der Waals surface area contributed by atoms with Crippen molar-refractivity contribution < 1.29 is 4.79 Å². The fraction of sp³-hybridized carbons (Fsp3) is 0.524. The zero-order valence-corrected chi connectivity index (χ0v) is 16.4. The summed E-state index contributed by atoms with van der Waals surface area (Å²) >= 11 is 0. The average molecular weight is 370 g/mol. The highest BCUT2D eigenvalue weighted by atomic mass is 16.2. The van der Waals surface area contributed by atoms with Crippen molar-refractivity contribution in [2.24, 2.45) is 0 Å². The first-order chi connectivity index (χ1) is 13.1. The lowest BCUT2D eigenvalue weighted by Crippen LogP contribution is -2.51. The van der Waals surface area contributed by atoms with Crippen LogP contribution >= 0.6 is 0 Å². The topological polar surface area (TPSA) is 53.4 Å². The van der Waals surface area contributed by atoms with Crippen LogP contribution in [0.15, 0.2) is 49.1 Å². The average Bonchev–Trinajstić information content (AvgIpc) is 3.23. The second kappa shape index (κ2) is 9.55. The van der Waals surface area contributed by atoms with Crippen molar-refractivity contribution in [3.63, 3.8) is 0 Å². The number of piperidine rings is 1. The van der Waals surface area contributed by atoms with Crippen molar-refractivity contribution in [1.82, 2.24) is 24.7 Å². The number of hydrogen-bond acceptors (Lipinski definition) is 3. The van der Waals surface area contributed by atoms with Gasteiger partial charge in [0, 0.05) is 37.6 Å². The number of amides is 2. The molecule has 0 radical (unpaired) electrons. The van der Waals surface area contributed by atoms with Crippen LogP contribution in [0.25, 0.3) is 0 Å². The van der Waals surface area contributed by atoms with Gasteiger partial charge in [-0.1, -0.05) is 30.3 Å². The van der Waals surface area contributed by atoms with Gasteiger partial charge in [0.15, 0.2) is 0 Å². The largest absolute Gasteiger partial charge is 0.336 e. The molecule has 6 heteroatoms. The molecule has 1 N–H and O–H groups in total. The lowest BCUT2D eigenvalue weighted by molar-refractivity contribution is 0.131. The molecule has 2 heterocycles. The Morgan fingerprint density at radius 2 is 2.04 bits per heavy atom. The first-order valence-electron chi connectivity index (χ1n) is 9.88. The number of carbonyl (C=O) groups excluding carboxylic acids is 1. The zero-order valence-electron chi connectivity index (χ0n) is 16.4. The second-order valence-corrected chi connectivity index (χ2v) is 7.51. The minimum absolute atomic E-state index is 0.0486. The molecule has 0 bridgehead atoms. The van der Waals surface area contributed by atoms with Crippen LogP contribution in [0, 0.1) is 0 Å². The van der Waals surface area contributed by atoms with Crippen molar-refractivity contribution in [3.05, 3.63) is 54.6 Å². The van der Waals surface area contributed by atoms with E-state index >= 15 is 0 Å². The third-order valence-electron chi connectivity index (χ3n) is 5.46. The summed E-state index contributed by atoms with van der Waals surface area (Å²) in [6.45, 7) is 5.54. The van der Waals surface area contributed by atoms with Crippen LogP contribution in [0.4, 0.5) is 4.79 Å². The van der Waals surface area contributed by atoms with E-state index in [0.29, 0.717) is 12.6 Å². The minimum atomic E-state index is 0.0486. The second-order valence-electron chi connectivity index (χ2n) is 7.51. The van der Waals surface area contributed by atoms with Crippen LogP contribution < -0.4 is 5.32 Å². The Kier molecular flexibility index (Phi) is 6.87. The first-order valence-corrected chi connectivity index (χ1v) is 9.88. The summed E-state index contributed by atoms with van der Waals surface area (Å²) < 4.78 is 2.02. The molecule has 0 aliphatic carbocycles. The van der Waals surface area contributed by atoms with Crippen LogP contribution in [-0.2, 0) is 6.42 Å². The Balaban J connectivity index is 1.60.